The van der Waals surface area contributed by atoms with Crippen LogP contribution in [-0.4, -0.2) is 17.0 Å². The maximum Gasteiger partial charge on any atom is 0.303 e. The van der Waals surface area contributed by atoms with Gasteiger partial charge in [0.1, 0.15) is 23.5 Å². The molecule has 5 nitrogen and oxygen atoms in total. The van der Waals surface area contributed by atoms with Crippen LogP contribution in [0.3, 0.4) is 0 Å². The third kappa shape index (κ3) is 4.87. The fourth-order valence-electron chi connectivity index (χ4n) is 4.27. The van der Waals surface area contributed by atoms with E-state index in [1.807, 2.05) is 0 Å². The molecule has 0 aromatic heterocycles. The summed E-state index contributed by atoms with van der Waals surface area (Å²) < 4.78 is 32.2. The Kier molecular flexibility index (Phi) is 6.40. The Labute approximate surface area is 190 Å². The van der Waals surface area contributed by atoms with Gasteiger partial charge in [0.2, 0.25) is 5.91 Å². The molecule has 33 heavy (non-hydrogen) atoms. The van der Waals surface area contributed by atoms with Crippen LogP contribution < -0.4 is 4.90 Å². The quantitative estimate of drug-likeness (QED) is 0.383. The number of aromatic hydroxyl groups is 1. The second-order valence-electron chi connectivity index (χ2n) is 8.05. The molecule has 1 aliphatic rings. The van der Waals surface area contributed by atoms with Gasteiger partial charge in [0.15, 0.2) is 0 Å². The first-order valence-corrected chi connectivity index (χ1v) is 10.6. The summed E-state index contributed by atoms with van der Waals surface area (Å²) in [6.45, 7) is 1.31. The number of esters is 1. The third-order valence-corrected chi connectivity index (χ3v) is 5.84. The molecule has 1 amide bonds. The van der Waals surface area contributed by atoms with Crippen molar-refractivity contribution in [3.05, 3.63) is 95.6 Å². The molecule has 0 saturated carbocycles. The Morgan fingerprint density at radius 1 is 0.970 bits per heavy atom. The predicted molar refractivity (Wildman–Crippen MR) is 118 cm³/mol. The zero-order valence-electron chi connectivity index (χ0n) is 17.9. The minimum atomic E-state index is -0.615. The van der Waals surface area contributed by atoms with E-state index in [0.29, 0.717) is 24.1 Å². The van der Waals surface area contributed by atoms with E-state index in [2.05, 4.69) is 0 Å². The van der Waals surface area contributed by atoms with Gasteiger partial charge in [0.05, 0.1) is 12.0 Å². The van der Waals surface area contributed by atoms with E-state index in [1.165, 1.54) is 31.2 Å². The van der Waals surface area contributed by atoms with Gasteiger partial charge in [0.25, 0.3) is 0 Å². The summed E-state index contributed by atoms with van der Waals surface area (Å²) in [5, 5.41) is 9.67. The normalized spacial score (nSPS) is 18.5. The average Bonchev–Trinajstić information content (AvgIpc) is 2.79. The Morgan fingerprint density at radius 2 is 1.55 bits per heavy atom. The fourth-order valence-corrected chi connectivity index (χ4v) is 4.27. The number of carbonyl (C=O) groups is 2. The lowest BCUT2D eigenvalue weighted by atomic mass is 9.78. The molecular formula is C26H23F2NO4. The molecule has 4 rings (SSSR count). The number of phenolic OH excluding ortho intramolecular Hbond substituents is 1. The number of rotatable bonds is 7. The number of hydrogen-bond acceptors (Lipinski definition) is 4. The second kappa shape index (κ2) is 9.40. The highest BCUT2D eigenvalue weighted by molar-refractivity contribution is 6.03. The Morgan fingerprint density at radius 3 is 2.12 bits per heavy atom. The van der Waals surface area contributed by atoms with E-state index in [4.69, 9.17) is 4.74 Å². The van der Waals surface area contributed by atoms with Gasteiger partial charge in [-0.05, 0) is 72.5 Å². The van der Waals surface area contributed by atoms with Crippen molar-refractivity contribution < 1.29 is 28.2 Å². The lowest BCUT2D eigenvalue weighted by molar-refractivity contribution is -0.147. The van der Waals surface area contributed by atoms with Gasteiger partial charge in [-0.2, -0.15) is 0 Å². The summed E-state index contributed by atoms with van der Waals surface area (Å²) in [5.41, 5.74) is 2.05. The van der Waals surface area contributed by atoms with Gasteiger partial charge in [-0.1, -0.05) is 24.3 Å². The predicted octanol–water partition coefficient (Wildman–Crippen LogP) is 5.46. The number of anilines is 1. The highest BCUT2D eigenvalue weighted by Crippen LogP contribution is 2.46. The second-order valence-corrected chi connectivity index (χ2v) is 8.05. The van der Waals surface area contributed by atoms with Crippen molar-refractivity contribution in [2.75, 3.05) is 4.90 Å². The molecule has 3 aromatic rings. The van der Waals surface area contributed by atoms with E-state index in [9.17, 15) is 23.5 Å². The molecule has 170 valence electrons. The molecule has 7 heteroatoms. The highest BCUT2D eigenvalue weighted by atomic mass is 19.1. The van der Waals surface area contributed by atoms with Crippen LogP contribution in [0.1, 0.15) is 43.0 Å². The Bertz CT molecular complexity index is 1130. The maximum atomic E-state index is 13.4. The van der Waals surface area contributed by atoms with Gasteiger partial charge in [-0.25, -0.2) is 8.78 Å². The topological polar surface area (TPSA) is 66.8 Å². The third-order valence-electron chi connectivity index (χ3n) is 5.84. The van der Waals surface area contributed by atoms with Crippen molar-refractivity contribution >= 4 is 17.6 Å². The number of amides is 1. The summed E-state index contributed by atoms with van der Waals surface area (Å²) in [7, 11) is 0. The van der Waals surface area contributed by atoms with Gasteiger partial charge < -0.3 is 14.7 Å². The van der Waals surface area contributed by atoms with Crippen LogP contribution in [-0.2, 0) is 14.3 Å². The summed E-state index contributed by atoms with van der Waals surface area (Å²) >= 11 is 0. The fraction of sp³-hybridized carbons (Fsp3) is 0.231. The van der Waals surface area contributed by atoms with Crippen LogP contribution in [0.4, 0.5) is 14.5 Å². The molecule has 1 fully saturated rings. The van der Waals surface area contributed by atoms with Crippen LogP contribution in [0.25, 0.3) is 0 Å². The lowest BCUT2D eigenvalue weighted by Gasteiger charge is -2.48. The molecule has 0 bridgehead atoms. The van der Waals surface area contributed by atoms with Crippen molar-refractivity contribution in [2.45, 2.75) is 31.9 Å². The number of β-lactam (4-membered cyclic amide) rings is 1. The first kappa shape index (κ1) is 22.5. The van der Waals surface area contributed by atoms with E-state index in [-0.39, 0.29) is 17.7 Å². The Balaban J connectivity index is 1.58. The molecule has 3 atom stereocenters. The number of benzene rings is 3. The van der Waals surface area contributed by atoms with Crippen molar-refractivity contribution in [2.24, 2.45) is 5.92 Å². The monoisotopic (exact) mass is 451 g/mol. The molecule has 1 saturated heterocycles. The van der Waals surface area contributed by atoms with Crippen LogP contribution in [0.5, 0.6) is 5.75 Å². The van der Waals surface area contributed by atoms with Gasteiger partial charge in [0, 0.05) is 12.6 Å². The van der Waals surface area contributed by atoms with E-state index in [1.54, 1.807) is 53.4 Å². The molecule has 1 aliphatic heterocycles. The van der Waals surface area contributed by atoms with Crippen molar-refractivity contribution in [1.82, 2.24) is 0 Å². The minimum absolute atomic E-state index is 0.112. The maximum absolute atomic E-state index is 13.4. The van der Waals surface area contributed by atoms with Gasteiger partial charge >= 0.3 is 5.97 Å². The largest absolute Gasteiger partial charge is 0.508 e. The molecule has 3 unspecified atom stereocenters. The standard InChI is InChI=1S/C26H23F2NO4/c1-16(30)33-24(17-2-6-19(27)7-3-17)15-14-23-25(18-4-12-22(31)13-5-18)29(26(23)32)21-10-8-20(28)9-11-21/h2-13,23-25,31H,14-15H2,1H3. The number of ether oxygens (including phenoxy) is 1. The van der Waals surface area contributed by atoms with E-state index in [0.717, 1.165) is 5.56 Å². The van der Waals surface area contributed by atoms with Crippen LogP contribution in [0.2, 0.25) is 0 Å². The molecule has 0 aliphatic carbocycles. The molecule has 0 radical (unpaired) electrons. The van der Waals surface area contributed by atoms with Crippen LogP contribution in [0, 0.1) is 17.6 Å². The number of phenols is 1. The molecular weight excluding hydrogens is 428 g/mol. The molecule has 0 spiro atoms. The van der Waals surface area contributed by atoms with Crippen molar-refractivity contribution in [3.8, 4) is 5.75 Å². The molecule has 3 aromatic carbocycles. The van der Waals surface area contributed by atoms with Gasteiger partial charge in [-0.3, -0.25) is 9.59 Å². The summed E-state index contributed by atoms with van der Waals surface area (Å²) in [6, 6.07) is 17.7. The number of halogens is 2. The SMILES string of the molecule is CC(=O)OC(CCC1C(=O)N(c2ccc(F)cc2)C1c1ccc(O)cc1)c1ccc(F)cc1. The minimum Gasteiger partial charge on any atom is -0.508 e. The van der Waals surface area contributed by atoms with Crippen LogP contribution >= 0.6 is 0 Å². The van der Waals surface area contributed by atoms with Crippen molar-refractivity contribution in [1.29, 1.82) is 0 Å². The molecule has 1 heterocycles. The van der Waals surface area contributed by atoms with Gasteiger partial charge in [-0.15, -0.1) is 0 Å². The summed E-state index contributed by atoms with van der Waals surface area (Å²) in [4.78, 5) is 26.4. The lowest BCUT2D eigenvalue weighted by Crippen LogP contribution is -2.55. The van der Waals surface area contributed by atoms with Crippen LogP contribution in [0.15, 0.2) is 72.8 Å². The van der Waals surface area contributed by atoms with E-state index < -0.39 is 29.6 Å². The smallest absolute Gasteiger partial charge is 0.303 e. The van der Waals surface area contributed by atoms with Crippen molar-refractivity contribution in [3.63, 3.8) is 0 Å². The Hall–Kier alpha value is -3.74. The number of carbonyl (C=O) groups excluding carboxylic acids is 2. The highest BCUT2D eigenvalue weighted by Gasteiger charge is 2.48. The average molecular weight is 451 g/mol. The summed E-state index contributed by atoms with van der Waals surface area (Å²) in [6.07, 6.45) is 0.168. The number of hydrogen-bond donors (Lipinski definition) is 1. The summed E-state index contributed by atoms with van der Waals surface area (Å²) in [5.74, 6) is -1.67. The first-order chi connectivity index (χ1) is 15.8. The first-order valence-electron chi connectivity index (χ1n) is 10.6. The number of nitrogens with zero attached hydrogens (tertiary/aromatic N) is 1. The molecule has 1 N–H and O–H groups in total. The van der Waals surface area contributed by atoms with E-state index >= 15 is 0 Å². The zero-order valence-corrected chi connectivity index (χ0v) is 17.9. The zero-order chi connectivity index (χ0) is 23.5.